The van der Waals surface area contributed by atoms with Crippen LogP contribution in [0.25, 0.3) is 11.1 Å². The Bertz CT molecular complexity index is 1440. The van der Waals surface area contributed by atoms with Gasteiger partial charge in [0.25, 0.3) is 0 Å². The lowest BCUT2D eigenvalue weighted by molar-refractivity contribution is -0.284. The molecule has 46 heavy (non-hydrogen) atoms. The average molecular weight is 674 g/mol. The Morgan fingerprint density at radius 1 is 0.848 bits per heavy atom. The summed E-state index contributed by atoms with van der Waals surface area (Å²) < 4.78 is 103. The zero-order chi connectivity index (χ0) is 33.4. The van der Waals surface area contributed by atoms with Crippen molar-refractivity contribution < 1.29 is 39.9 Å². The van der Waals surface area contributed by atoms with Crippen LogP contribution in [0.2, 0.25) is 0 Å². The highest BCUT2D eigenvalue weighted by Crippen LogP contribution is 2.41. The number of fused-ring (bicyclic) bond motifs is 1. The molecule has 4 nitrogen and oxygen atoms in total. The topological polar surface area (TPSA) is 57.6 Å². The van der Waals surface area contributed by atoms with Gasteiger partial charge in [-0.2, -0.15) is 22.0 Å². The number of aromatic hydroxyl groups is 1. The van der Waals surface area contributed by atoms with E-state index in [0.717, 1.165) is 99.6 Å². The van der Waals surface area contributed by atoms with E-state index >= 15 is 0 Å². The first-order valence-electron chi connectivity index (χ1n) is 16.5. The molecule has 0 saturated carbocycles. The van der Waals surface area contributed by atoms with Crippen molar-refractivity contribution in [1.29, 1.82) is 0 Å². The lowest BCUT2D eigenvalue weighted by Gasteiger charge is -2.24. The second-order valence-corrected chi connectivity index (χ2v) is 15.0. The molecule has 2 aromatic rings. The fourth-order valence-electron chi connectivity index (χ4n) is 6.92. The molecule has 0 bridgehead atoms. The fraction of sp³-hybridized carbons (Fsp3) is 0.600. The van der Waals surface area contributed by atoms with Crippen LogP contribution in [0.3, 0.4) is 0 Å². The molecule has 256 valence electrons. The summed E-state index contributed by atoms with van der Waals surface area (Å²) in [5, 5.41) is 10.1. The summed E-state index contributed by atoms with van der Waals surface area (Å²) in [6, 6.07) is 12.6. The van der Waals surface area contributed by atoms with Crippen molar-refractivity contribution in [2.45, 2.75) is 108 Å². The number of phenols is 1. The van der Waals surface area contributed by atoms with E-state index in [4.69, 9.17) is 0 Å². The highest BCUT2D eigenvalue weighted by molar-refractivity contribution is 7.91. The number of hydrogen-bond donors (Lipinski definition) is 1. The number of aryl methyl sites for hydroxylation is 1. The van der Waals surface area contributed by atoms with Crippen LogP contribution in [-0.4, -0.2) is 61.2 Å². The molecule has 1 N–H and O–H groups in total. The largest absolute Gasteiger partial charge is 0.508 e. The molecule has 2 aliphatic rings. The van der Waals surface area contributed by atoms with Crippen LogP contribution in [0.15, 0.2) is 42.5 Å². The van der Waals surface area contributed by atoms with Crippen LogP contribution in [-0.2, 0) is 16.3 Å². The number of sulfone groups is 1. The molecule has 0 aromatic heterocycles. The smallest absolute Gasteiger partial charge is 0.453 e. The number of benzene rings is 2. The normalized spacial score (nSPS) is 18.2. The molecular formula is C35H45F6NO3S. The first-order valence-corrected chi connectivity index (χ1v) is 18.3. The van der Waals surface area contributed by atoms with E-state index in [9.17, 15) is 39.9 Å². The van der Waals surface area contributed by atoms with Gasteiger partial charge in [-0.3, -0.25) is 0 Å². The summed E-state index contributed by atoms with van der Waals surface area (Å²) in [6.45, 7) is 1.84. The van der Waals surface area contributed by atoms with E-state index in [1.165, 1.54) is 6.07 Å². The zero-order valence-electron chi connectivity index (χ0n) is 26.2. The van der Waals surface area contributed by atoms with Gasteiger partial charge >= 0.3 is 12.1 Å². The van der Waals surface area contributed by atoms with Crippen molar-refractivity contribution in [3.8, 4) is 5.75 Å². The van der Waals surface area contributed by atoms with Gasteiger partial charge in [0.1, 0.15) is 21.4 Å². The summed E-state index contributed by atoms with van der Waals surface area (Å²) in [5.41, 5.74) is 5.03. The summed E-state index contributed by atoms with van der Waals surface area (Å²) >= 11 is 0. The number of allylic oxidation sites excluding steroid dienone is 2. The van der Waals surface area contributed by atoms with Gasteiger partial charge in [0.2, 0.25) is 0 Å². The maximum Gasteiger partial charge on any atom is 0.453 e. The Kier molecular flexibility index (Phi) is 12.7. The standard InChI is InChI=1S/C35H45F6NO3S/c36-33-17-5-4-15-32(33)31-16-7-11-26-25-28(43)18-19-29(26)30(31)14-3-1-2-6-21-42-22-8-12-27(42)13-9-23-46(44,45)24-10-20-34(37,38)35(39,40)41/h4-5,15,17-19,25,27,43H,1-3,6-14,16,20-24H2. The summed E-state index contributed by atoms with van der Waals surface area (Å²) in [4.78, 5) is 2.38. The Morgan fingerprint density at radius 2 is 1.59 bits per heavy atom. The number of alkyl halides is 5. The lowest BCUT2D eigenvalue weighted by atomic mass is 9.89. The predicted octanol–water partition coefficient (Wildman–Crippen LogP) is 9.37. The molecule has 1 atom stereocenters. The van der Waals surface area contributed by atoms with Crippen molar-refractivity contribution in [2.24, 2.45) is 0 Å². The van der Waals surface area contributed by atoms with Crippen molar-refractivity contribution in [1.82, 2.24) is 4.90 Å². The van der Waals surface area contributed by atoms with Gasteiger partial charge in [0.15, 0.2) is 0 Å². The van der Waals surface area contributed by atoms with Crippen LogP contribution >= 0.6 is 0 Å². The Morgan fingerprint density at radius 3 is 2.35 bits per heavy atom. The van der Waals surface area contributed by atoms with E-state index in [1.807, 2.05) is 24.3 Å². The predicted molar refractivity (Wildman–Crippen MR) is 170 cm³/mol. The summed E-state index contributed by atoms with van der Waals surface area (Å²) in [7, 11) is -3.70. The lowest BCUT2D eigenvalue weighted by Crippen LogP contribution is -2.36. The van der Waals surface area contributed by atoms with Crippen LogP contribution in [0, 0.1) is 5.82 Å². The number of unbranched alkanes of at least 4 members (excludes halogenated alkanes) is 3. The maximum absolute atomic E-state index is 14.9. The van der Waals surface area contributed by atoms with Crippen LogP contribution < -0.4 is 0 Å². The minimum absolute atomic E-state index is 0.206. The molecule has 0 spiro atoms. The molecule has 1 heterocycles. The quantitative estimate of drug-likeness (QED) is 0.143. The highest BCUT2D eigenvalue weighted by atomic mass is 32.2. The highest BCUT2D eigenvalue weighted by Gasteiger charge is 2.56. The second kappa shape index (κ2) is 16.0. The second-order valence-electron chi connectivity index (χ2n) is 12.7. The third kappa shape index (κ3) is 9.99. The van der Waals surface area contributed by atoms with Gasteiger partial charge in [0.05, 0.1) is 11.5 Å². The van der Waals surface area contributed by atoms with Crippen LogP contribution in [0.4, 0.5) is 26.3 Å². The van der Waals surface area contributed by atoms with Crippen molar-refractivity contribution in [2.75, 3.05) is 24.6 Å². The van der Waals surface area contributed by atoms with E-state index in [1.54, 1.807) is 12.1 Å². The van der Waals surface area contributed by atoms with Crippen LogP contribution in [0.5, 0.6) is 5.75 Å². The van der Waals surface area contributed by atoms with Gasteiger partial charge < -0.3 is 10.0 Å². The summed E-state index contributed by atoms with van der Waals surface area (Å²) in [5.74, 6) is -5.73. The first kappa shape index (κ1) is 36.3. The number of hydrogen-bond acceptors (Lipinski definition) is 4. The van der Waals surface area contributed by atoms with Gasteiger partial charge in [-0.15, -0.1) is 0 Å². The fourth-order valence-corrected chi connectivity index (χ4v) is 8.32. The number of phenolic OH excluding ortho intramolecular Hbond substituents is 1. The zero-order valence-corrected chi connectivity index (χ0v) is 27.1. The number of likely N-dealkylation sites (tertiary alicyclic amines) is 1. The van der Waals surface area contributed by atoms with Crippen LogP contribution in [0.1, 0.15) is 100 Å². The molecule has 2 aromatic carbocycles. The van der Waals surface area contributed by atoms with Crippen molar-refractivity contribution in [3.63, 3.8) is 0 Å². The van der Waals surface area contributed by atoms with E-state index < -0.39 is 40.5 Å². The number of halogens is 6. The van der Waals surface area contributed by atoms with E-state index in [-0.39, 0.29) is 23.4 Å². The van der Waals surface area contributed by atoms with Crippen molar-refractivity contribution in [3.05, 3.63) is 65.0 Å². The SMILES string of the molecule is O=S(=O)(CCCC1CCCN1CCCCCCC1=C(c2ccccc2F)CCCc2cc(O)ccc21)CCCC(F)(F)C(F)(F)F. The van der Waals surface area contributed by atoms with Gasteiger partial charge in [-0.1, -0.05) is 37.1 Å². The maximum atomic E-state index is 14.9. The van der Waals surface area contributed by atoms with Gasteiger partial charge in [-0.25, -0.2) is 12.8 Å². The Balaban J connectivity index is 1.22. The molecule has 1 aliphatic carbocycles. The summed E-state index contributed by atoms with van der Waals surface area (Å²) in [6.07, 6.45) is 2.35. The van der Waals surface area contributed by atoms with Gasteiger partial charge in [-0.05, 0) is 124 Å². The molecule has 1 unspecified atom stereocenters. The monoisotopic (exact) mass is 673 g/mol. The van der Waals surface area contributed by atoms with E-state index in [0.29, 0.717) is 18.4 Å². The molecular weight excluding hydrogens is 628 g/mol. The number of rotatable bonds is 16. The van der Waals surface area contributed by atoms with Crippen molar-refractivity contribution >= 4 is 21.0 Å². The molecule has 11 heteroatoms. The molecule has 1 saturated heterocycles. The average Bonchev–Trinajstić information content (AvgIpc) is 3.34. The molecule has 1 fully saturated rings. The molecule has 4 rings (SSSR count). The molecule has 0 amide bonds. The van der Waals surface area contributed by atoms with Gasteiger partial charge in [0, 0.05) is 18.0 Å². The Labute approximate surface area is 268 Å². The Hall–Kier alpha value is -2.53. The number of nitrogens with zero attached hydrogens (tertiary/aromatic N) is 1. The third-order valence-electron chi connectivity index (χ3n) is 9.32. The first-order chi connectivity index (χ1) is 21.8. The minimum atomic E-state index is -5.67. The molecule has 1 aliphatic heterocycles. The third-order valence-corrected chi connectivity index (χ3v) is 11.1. The molecule has 0 radical (unpaired) electrons. The van der Waals surface area contributed by atoms with E-state index in [2.05, 4.69) is 4.90 Å². The minimum Gasteiger partial charge on any atom is -0.508 e.